The molecule has 1 heterocycles. The van der Waals surface area contributed by atoms with Gasteiger partial charge in [-0.25, -0.2) is 0 Å². The first-order valence-corrected chi connectivity index (χ1v) is 7.53. The molecule has 0 unspecified atom stereocenters. The van der Waals surface area contributed by atoms with Gasteiger partial charge in [0.1, 0.15) is 5.75 Å². The quantitative estimate of drug-likeness (QED) is 0.775. The molecule has 23 heavy (non-hydrogen) atoms. The van der Waals surface area contributed by atoms with E-state index < -0.39 is 0 Å². The van der Waals surface area contributed by atoms with Gasteiger partial charge in [-0.1, -0.05) is 18.2 Å². The van der Waals surface area contributed by atoms with E-state index in [4.69, 9.17) is 4.74 Å². The number of nitrogens with one attached hydrogen (secondary N) is 2. The second kappa shape index (κ2) is 8.17. The Morgan fingerprint density at radius 2 is 2.09 bits per heavy atom. The molecule has 3 amide bonds. The number of carbonyl (C=O) groups is 3. The van der Waals surface area contributed by atoms with Crippen LogP contribution in [-0.4, -0.2) is 49.4 Å². The topological polar surface area (TPSA) is 87.7 Å². The maximum absolute atomic E-state index is 12.0. The van der Waals surface area contributed by atoms with Crippen molar-refractivity contribution >= 4 is 17.7 Å². The first kappa shape index (κ1) is 16.8. The normalized spacial score (nSPS) is 14.1. The SMILES string of the molecule is COc1ccccc1CNC(=O)CCC(=O)N1CCNC(=O)C1. The van der Waals surface area contributed by atoms with Gasteiger partial charge in [-0.15, -0.1) is 0 Å². The van der Waals surface area contributed by atoms with Crippen molar-refractivity contribution in [3.8, 4) is 5.75 Å². The minimum atomic E-state index is -0.203. The van der Waals surface area contributed by atoms with Crippen LogP contribution >= 0.6 is 0 Å². The highest BCUT2D eigenvalue weighted by Crippen LogP contribution is 2.16. The number of para-hydroxylation sites is 1. The predicted octanol–water partition coefficient (Wildman–Crippen LogP) is 0.0500. The lowest BCUT2D eigenvalue weighted by atomic mass is 10.2. The lowest BCUT2D eigenvalue weighted by molar-refractivity contribution is -0.139. The maximum Gasteiger partial charge on any atom is 0.239 e. The Morgan fingerprint density at radius 3 is 2.83 bits per heavy atom. The number of ether oxygens (including phenoxy) is 1. The summed E-state index contributed by atoms with van der Waals surface area (Å²) in [6, 6.07) is 7.43. The van der Waals surface area contributed by atoms with Gasteiger partial charge in [0.15, 0.2) is 0 Å². The third kappa shape index (κ3) is 4.98. The minimum Gasteiger partial charge on any atom is -0.496 e. The Balaban J connectivity index is 1.74. The smallest absolute Gasteiger partial charge is 0.239 e. The van der Waals surface area contributed by atoms with Gasteiger partial charge >= 0.3 is 0 Å². The zero-order chi connectivity index (χ0) is 16.7. The van der Waals surface area contributed by atoms with Crippen molar-refractivity contribution in [3.63, 3.8) is 0 Å². The average Bonchev–Trinajstić information content (AvgIpc) is 2.58. The van der Waals surface area contributed by atoms with Gasteiger partial charge in [-0.3, -0.25) is 14.4 Å². The molecule has 0 radical (unpaired) electrons. The highest BCUT2D eigenvalue weighted by molar-refractivity contribution is 5.88. The zero-order valence-electron chi connectivity index (χ0n) is 13.1. The first-order chi connectivity index (χ1) is 11.1. The highest BCUT2D eigenvalue weighted by atomic mass is 16.5. The second-order valence-electron chi connectivity index (χ2n) is 5.25. The van der Waals surface area contributed by atoms with Crippen molar-refractivity contribution in [2.75, 3.05) is 26.7 Å². The van der Waals surface area contributed by atoms with Crippen LogP contribution in [-0.2, 0) is 20.9 Å². The molecule has 0 atom stereocenters. The average molecular weight is 319 g/mol. The summed E-state index contributed by atoms with van der Waals surface area (Å²) in [6.45, 7) is 1.38. The van der Waals surface area contributed by atoms with E-state index in [-0.39, 0.29) is 37.1 Å². The summed E-state index contributed by atoms with van der Waals surface area (Å²) in [7, 11) is 1.58. The number of carbonyl (C=O) groups excluding carboxylic acids is 3. The first-order valence-electron chi connectivity index (χ1n) is 7.53. The van der Waals surface area contributed by atoms with Crippen LogP contribution in [0.15, 0.2) is 24.3 Å². The van der Waals surface area contributed by atoms with Crippen molar-refractivity contribution in [1.82, 2.24) is 15.5 Å². The predicted molar refractivity (Wildman–Crippen MR) is 83.7 cm³/mol. The molecule has 1 saturated heterocycles. The van der Waals surface area contributed by atoms with Gasteiger partial charge in [-0.2, -0.15) is 0 Å². The van der Waals surface area contributed by atoms with Gasteiger partial charge < -0.3 is 20.3 Å². The molecule has 2 rings (SSSR count). The summed E-state index contributed by atoms with van der Waals surface area (Å²) in [5.74, 6) is 0.173. The van der Waals surface area contributed by atoms with E-state index in [1.165, 1.54) is 4.90 Å². The molecular weight excluding hydrogens is 298 g/mol. The summed E-state index contributed by atoms with van der Waals surface area (Å²) in [5.41, 5.74) is 0.877. The van der Waals surface area contributed by atoms with E-state index in [9.17, 15) is 14.4 Å². The Hall–Kier alpha value is -2.57. The Morgan fingerprint density at radius 1 is 1.30 bits per heavy atom. The molecule has 7 nitrogen and oxygen atoms in total. The largest absolute Gasteiger partial charge is 0.496 e. The van der Waals surface area contributed by atoms with Crippen molar-refractivity contribution < 1.29 is 19.1 Å². The minimum absolute atomic E-state index is 0.0711. The number of hydrogen-bond donors (Lipinski definition) is 2. The van der Waals surface area contributed by atoms with Crippen LogP contribution in [0.25, 0.3) is 0 Å². The summed E-state index contributed by atoms with van der Waals surface area (Å²) in [4.78, 5) is 36.6. The Kier molecular flexibility index (Phi) is 5.96. The summed E-state index contributed by atoms with van der Waals surface area (Å²) >= 11 is 0. The fourth-order valence-electron chi connectivity index (χ4n) is 2.36. The van der Waals surface area contributed by atoms with Crippen LogP contribution in [0.3, 0.4) is 0 Å². The number of benzene rings is 1. The van der Waals surface area contributed by atoms with E-state index in [0.717, 1.165) is 5.56 Å². The van der Waals surface area contributed by atoms with Gasteiger partial charge in [0.05, 0.1) is 13.7 Å². The molecule has 0 aliphatic carbocycles. The van der Waals surface area contributed by atoms with Gasteiger partial charge in [0, 0.05) is 38.0 Å². The second-order valence-corrected chi connectivity index (χ2v) is 5.25. The summed E-state index contributed by atoms with van der Waals surface area (Å²) in [6.07, 6.45) is 0.205. The van der Waals surface area contributed by atoms with E-state index in [0.29, 0.717) is 25.4 Å². The van der Waals surface area contributed by atoms with Crippen LogP contribution in [0.1, 0.15) is 18.4 Å². The third-order valence-corrected chi connectivity index (χ3v) is 3.63. The molecule has 0 aromatic heterocycles. The Bertz CT molecular complexity index is 588. The van der Waals surface area contributed by atoms with Crippen LogP contribution < -0.4 is 15.4 Å². The van der Waals surface area contributed by atoms with Crippen LogP contribution in [0.4, 0.5) is 0 Å². The fraction of sp³-hybridized carbons (Fsp3) is 0.438. The number of hydrogen-bond acceptors (Lipinski definition) is 4. The van der Waals surface area contributed by atoms with Crippen molar-refractivity contribution in [2.24, 2.45) is 0 Å². The molecule has 124 valence electrons. The van der Waals surface area contributed by atoms with Gasteiger partial charge in [0.25, 0.3) is 0 Å². The number of piperazine rings is 1. The molecule has 0 saturated carbocycles. The molecule has 1 aromatic rings. The molecule has 1 aliphatic heterocycles. The maximum atomic E-state index is 12.0. The monoisotopic (exact) mass is 319 g/mol. The van der Waals surface area contributed by atoms with E-state index in [1.54, 1.807) is 7.11 Å². The lowest BCUT2D eigenvalue weighted by Crippen LogP contribution is -2.50. The van der Waals surface area contributed by atoms with E-state index in [2.05, 4.69) is 10.6 Å². The fourth-order valence-corrected chi connectivity index (χ4v) is 2.36. The molecule has 1 fully saturated rings. The molecule has 7 heteroatoms. The van der Waals surface area contributed by atoms with Crippen molar-refractivity contribution in [1.29, 1.82) is 0 Å². The van der Waals surface area contributed by atoms with E-state index >= 15 is 0 Å². The van der Waals surface area contributed by atoms with Gasteiger partial charge in [-0.05, 0) is 6.07 Å². The number of rotatable bonds is 6. The molecule has 1 aliphatic rings. The summed E-state index contributed by atoms with van der Waals surface area (Å²) in [5, 5.41) is 5.43. The number of methoxy groups -OCH3 is 1. The van der Waals surface area contributed by atoms with Gasteiger partial charge in [0.2, 0.25) is 17.7 Å². The molecule has 1 aromatic carbocycles. The molecule has 0 spiro atoms. The standard InChI is InChI=1S/C16H21N3O4/c1-23-13-5-3-2-4-12(13)10-18-14(20)6-7-16(22)19-9-8-17-15(21)11-19/h2-5H,6-11H2,1H3,(H,17,21)(H,18,20). The number of nitrogens with zero attached hydrogens (tertiary/aromatic N) is 1. The highest BCUT2D eigenvalue weighted by Gasteiger charge is 2.21. The van der Waals surface area contributed by atoms with Crippen LogP contribution in [0, 0.1) is 0 Å². The molecule has 2 N–H and O–H groups in total. The molecule has 0 bridgehead atoms. The van der Waals surface area contributed by atoms with Crippen molar-refractivity contribution in [3.05, 3.63) is 29.8 Å². The summed E-state index contributed by atoms with van der Waals surface area (Å²) < 4.78 is 5.22. The van der Waals surface area contributed by atoms with Crippen molar-refractivity contribution in [2.45, 2.75) is 19.4 Å². The van der Waals surface area contributed by atoms with E-state index in [1.807, 2.05) is 24.3 Å². The third-order valence-electron chi connectivity index (χ3n) is 3.63. The van der Waals surface area contributed by atoms with Crippen LogP contribution in [0.5, 0.6) is 5.75 Å². The number of amides is 3. The molecular formula is C16H21N3O4. The van der Waals surface area contributed by atoms with Crippen LogP contribution in [0.2, 0.25) is 0 Å². The lowest BCUT2D eigenvalue weighted by Gasteiger charge is -2.26. The zero-order valence-corrected chi connectivity index (χ0v) is 13.1. The Labute approximate surface area is 135 Å².